The molecule has 4 nitrogen and oxygen atoms in total. The van der Waals surface area contributed by atoms with E-state index in [1.165, 1.54) is 5.56 Å². The number of hydrogen-bond acceptors (Lipinski definition) is 4. The number of fused-ring (bicyclic) bond motifs is 4. The van der Waals surface area contributed by atoms with E-state index in [0.717, 1.165) is 52.2 Å². The van der Waals surface area contributed by atoms with Crippen LogP contribution in [0.25, 0.3) is 21.7 Å². The topological polar surface area (TPSA) is 42.7 Å². The van der Waals surface area contributed by atoms with Gasteiger partial charge in [-0.15, -0.1) is 0 Å². The van der Waals surface area contributed by atoms with Crippen molar-refractivity contribution in [2.75, 3.05) is 13.3 Å². The molecule has 1 aromatic heterocycles. The minimum atomic E-state index is -0.309. The smallest absolute Gasteiger partial charge is 0.344 e. The van der Waals surface area contributed by atoms with Crippen molar-refractivity contribution < 1.29 is 9.15 Å². The lowest BCUT2D eigenvalue weighted by Gasteiger charge is -2.30. The van der Waals surface area contributed by atoms with Crippen LogP contribution in [0.2, 0.25) is 5.02 Å². The van der Waals surface area contributed by atoms with Crippen LogP contribution in [0.4, 0.5) is 0 Å². The largest absolute Gasteiger partial charge is 0.477 e. The number of hydrogen-bond donors (Lipinski definition) is 0. The molecule has 0 spiro atoms. The maximum atomic E-state index is 12.4. The fraction of sp³-hybridized carbons (Fsp3) is 0.208. The summed E-state index contributed by atoms with van der Waals surface area (Å²) in [5.41, 5.74) is 3.57. The van der Waals surface area contributed by atoms with Gasteiger partial charge in [0, 0.05) is 34.6 Å². The maximum absolute atomic E-state index is 12.4. The van der Waals surface area contributed by atoms with Crippen LogP contribution in [0.5, 0.6) is 5.75 Å². The van der Waals surface area contributed by atoms with Crippen molar-refractivity contribution in [1.29, 1.82) is 0 Å². The Balaban J connectivity index is 1.49. The third-order valence-corrected chi connectivity index (χ3v) is 5.84. The Labute approximate surface area is 173 Å². The molecule has 0 fully saturated rings. The molecule has 29 heavy (non-hydrogen) atoms. The van der Waals surface area contributed by atoms with Crippen molar-refractivity contribution in [3.63, 3.8) is 0 Å². The Kier molecular flexibility index (Phi) is 4.53. The summed E-state index contributed by atoms with van der Waals surface area (Å²) in [6.45, 7) is 4.17. The van der Waals surface area contributed by atoms with Crippen LogP contribution in [0.15, 0.2) is 63.8 Å². The quantitative estimate of drug-likeness (QED) is 0.342. The van der Waals surface area contributed by atoms with Crippen molar-refractivity contribution in [2.45, 2.75) is 19.9 Å². The number of rotatable bonds is 3. The highest BCUT2D eigenvalue weighted by Gasteiger charge is 2.23. The third kappa shape index (κ3) is 3.28. The molecule has 0 atom stereocenters. The van der Waals surface area contributed by atoms with Gasteiger partial charge in [0.15, 0.2) is 0 Å². The second kappa shape index (κ2) is 7.21. The van der Waals surface area contributed by atoms with Crippen molar-refractivity contribution in [2.24, 2.45) is 0 Å². The zero-order valence-electron chi connectivity index (χ0n) is 16.1. The van der Waals surface area contributed by atoms with Crippen molar-refractivity contribution in [3.8, 4) is 5.75 Å². The zero-order valence-corrected chi connectivity index (χ0v) is 16.8. The molecule has 4 aromatic rings. The molecule has 0 radical (unpaired) electrons. The first kappa shape index (κ1) is 18.2. The second-order valence-corrected chi connectivity index (χ2v) is 7.94. The number of aryl methyl sites for hydroxylation is 1. The molecule has 0 amide bonds. The lowest BCUT2D eigenvalue weighted by molar-refractivity contribution is 0.0959. The van der Waals surface area contributed by atoms with Gasteiger partial charge in [0.1, 0.15) is 18.1 Å². The highest BCUT2D eigenvalue weighted by molar-refractivity contribution is 6.30. The number of halogens is 1. The summed E-state index contributed by atoms with van der Waals surface area (Å²) < 4.78 is 11.7. The highest BCUT2D eigenvalue weighted by Crippen LogP contribution is 2.36. The molecular weight excluding hydrogens is 386 g/mol. The van der Waals surface area contributed by atoms with Crippen LogP contribution in [-0.2, 0) is 13.0 Å². The molecule has 1 aliphatic rings. The molecule has 5 heteroatoms. The van der Waals surface area contributed by atoms with Gasteiger partial charge in [-0.3, -0.25) is 4.90 Å². The normalized spacial score (nSPS) is 14.1. The van der Waals surface area contributed by atoms with Gasteiger partial charge in [-0.1, -0.05) is 41.9 Å². The first-order chi connectivity index (χ1) is 14.1. The van der Waals surface area contributed by atoms with E-state index < -0.39 is 0 Å². The first-order valence-electron chi connectivity index (χ1n) is 9.68. The fourth-order valence-corrected chi connectivity index (χ4v) is 4.20. The first-order valence-corrected chi connectivity index (χ1v) is 10.1. The summed E-state index contributed by atoms with van der Waals surface area (Å²) in [5, 5.41) is 3.24. The Hall–Kier alpha value is -2.82. The standard InChI is InChI=1S/C24H20ClNO3/c1-15-22-17(12-21-19-4-2-3-5-20(19)24(27)29-23(15)21)13-26(14-28-22)11-10-16-6-8-18(25)9-7-16/h2-9,12H,10-11,13-14H2,1H3. The van der Waals surface area contributed by atoms with E-state index in [1.807, 2.05) is 43.3 Å². The lowest BCUT2D eigenvalue weighted by atomic mass is 10.00. The van der Waals surface area contributed by atoms with E-state index in [2.05, 4.69) is 23.1 Å². The van der Waals surface area contributed by atoms with Gasteiger partial charge < -0.3 is 9.15 Å². The minimum Gasteiger partial charge on any atom is -0.477 e. The fourth-order valence-electron chi connectivity index (χ4n) is 4.07. The predicted octanol–water partition coefficient (Wildman–Crippen LogP) is 5.30. The van der Waals surface area contributed by atoms with Crippen molar-refractivity contribution in [1.82, 2.24) is 4.90 Å². The number of nitrogens with zero attached hydrogens (tertiary/aromatic N) is 1. The molecular formula is C24H20ClNO3. The lowest BCUT2D eigenvalue weighted by Crippen LogP contribution is -2.34. The average molecular weight is 406 g/mol. The van der Waals surface area contributed by atoms with E-state index in [-0.39, 0.29) is 5.63 Å². The molecule has 5 rings (SSSR count). The van der Waals surface area contributed by atoms with Gasteiger partial charge in [-0.2, -0.15) is 0 Å². The van der Waals surface area contributed by atoms with Gasteiger partial charge in [-0.05, 0) is 48.6 Å². The molecule has 1 aliphatic heterocycles. The van der Waals surface area contributed by atoms with Crippen LogP contribution in [-0.4, -0.2) is 18.2 Å². The van der Waals surface area contributed by atoms with E-state index >= 15 is 0 Å². The number of benzene rings is 3. The van der Waals surface area contributed by atoms with Crippen LogP contribution in [0, 0.1) is 6.92 Å². The maximum Gasteiger partial charge on any atom is 0.344 e. The highest BCUT2D eigenvalue weighted by atomic mass is 35.5. The summed E-state index contributed by atoms with van der Waals surface area (Å²) in [5.74, 6) is 0.832. The predicted molar refractivity (Wildman–Crippen MR) is 116 cm³/mol. The second-order valence-electron chi connectivity index (χ2n) is 7.50. The molecule has 146 valence electrons. The van der Waals surface area contributed by atoms with E-state index in [0.29, 0.717) is 17.7 Å². The molecule has 0 saturated heterocycles. The average Bonchev–Trinajstić information content (AvgIpc) is 2.74. The summed E-state index contributed by atoms with van der Waals surface area (Å²) in [6, 6.07) is 17.7. The van der Waals surface area contributed by atoms with Crippen LogP contribution in [0.3, 0.4) is 0 Å². The minimum absolute atomic E-state index is 0.309. The van der Waals surface area contributed by atoms with Gasteiger partial charge >= 0.3 is 5.63 Å². The van der Waals surface area contributed by atoms with Gasteiger partial charge in [-0.25, -0.2) is 4.79 Å². The van der Waals surface area contributed by atoms with Crippen molar-refractivity contribution in [3.05, 3.63) is 86.7 Å². The van der Waals surface area contributed by atoms with Crippen LogP contribution in [0.1, 0.15) is 16.7 Å². The molecule has 0 aliphatic carbocycles. The zero-order chi connectivity index (χ0) is 20.0. The monoisotopic (exact) mass is 405 g/mol. The molecule has 3 aromatic carbocycles. The Morgan fingerprint density at radius 1 is 1.03 bits per heavy atom. The van der Waals surface area contributed by atoms with Crippen LogP contribution >= 0.6 is 11.6 Å². The summed E-state index contributed by atoms with van der Waals surface area (Å²) in [6.07, 6.45) is 0.931. The Morgan fingerprint density at radius 2 is 1.79 bits per heavy atom. The molecule has 0 N–H and O–H groups in total. The summed E-state index contributed by atoms with van der Waals surface area (Å²) >= 11 is 5.97. The van der Waals surface area contributed by atoms with Gasteiger partial charge in [0.25, 0.3) is 0 Å². The van der Waals surface area contributed by atoms with Gasteiger partial charge in [0.05, 0.1) is 5.39 Å². The van der Waals surface area contributed by atoms with E-state index in [4.69, 9.17) is 20.8 Å². The van der Waals surface area contributed by atoms with Gasteiger partial charge in [0.2, 0.25) is 0 Å². The summed E-state index contributed by atoms with van der Waals surface area (Å²) in [7, 11) is 0. The van der Waals surface area contributed by atoms with Crippen molar-refractivity contribution >= 4 is 33.3 Å². The molecule has 0 bridgehead atoms. The Morgan fingerprint density at radius 3 is 2.59 bits per heavy atom. The van der Waals surface area contributed by atoms with E-state index in [1.54, 1.807) is 0 Å². The number of ether oxygens (including phenoxy) is 1. The molecule has 2 heterocycles. The Bertz CT molecular complexity index is 1280. The molecule has 0 saturated carbocycles. The molecule has 0 unspecified atom stereocenters. The third-order valence-electron chi connectivity index (χ3n) is 5.58. The summed E-state index contributed by atoms with van der Waals surface area (Å²) in [4.78, 5) is 14.7. The SMILES string of the molecule is Cc1c2c(cc3c1oc(=O)c1ccccc13)CN(CCc1ccc(Cl)cc1)CO2. The van der Waals surface area contributed by atoms with Crippen LogP contribution < -0.4 is 10.4 Å². The van der Waals surface area contributed by atoms with E-state index in [9.17, 15) is 4.79 Å².